The van der Waals surface area contributed by atoms with Crippen molar-refractivity contribution >= 4 is 23.0 Å². The van der Waals surface area contributed by atoms with Gasteiger partial charge in [0, 0.05) is 36.0 Å². The number of carbonyl (C=O) groups excluding carboxylic acids is 1. The molecular formula is C34H33F4N3O4. The summed E-state index contributed by atoms with van der Waals surface area (Å²) in [4.78, 5) is 14.7. The van der Waals surface area contributed by atoms with Gasteiger partial charge in [0.05, 0.1) is 35.2 Å². The van der Waals surface area contributed by atoms with Crippen LogP contribution in [0, 0.1) is 12.7 Å². The van der Waals surface area contributed by atoms with Crippen molar-refractivity contribution in [3.63, 3.8) is 0 Å². The average Bonchev–Trinajstić information content (AvgIpc) is 2.99. The number of carbonyl (C=O) groups is 1. The first-order valence-corrected chi connectivity index (χ1v) is 14.1. The maximum atomic E-state index is 14.1. The molecule has 0 aromatic heterocycles. The van der Waals surface area contributed by atoms with Crippen molar-refractivity contribution in [1.29, 1.82) is 0 Å². The second kappa shape index (κ2) is 12.0. The van der Waals surface area contributed by atoms with Crippen LogP contribution in [-0.2, 0) is 12.8 Å². The fourth-order valence-electron chi connectivity index (χ4n) is 5.55. The van der Waals surface area contributed by atoms with E-state index in [0.29, 0.717) is 33.9 Å². The topological polar surface area (TPSA) is 83.1 Å². The molecule has 0 radical (unpaired) electrons. The second-order valence-corrected chi connectivity index (χ2v) is 11.4. The van der Waals surface area contributed by atoms with Gasteiger partial charge in [-0.15, -0.1) is 0 Å². The third-order valence-electron chi connectivity index (χ3n) is 7.85. The summed E-state index contributed by atoms with van der Waals surface area (Å²) in [6, 6.07) is 17.3. The SMILES string of the molecule is COc1cc(NC(=O)c2ccccc2C(F)(F)F)ccc1-c1ccc2c(c1COc1cc(F)ccc1C)N(C)C(O)C(C)(C)N2. The molecule has 0 spiro atoms. The Bertz CT molecular complexity index is 1760. The first kappa shape index (κ1) is 31.6. The number of hydrogen-bond acceptors (Lipinski definition) is 6. The lowest BCUT2D eigenvalue weighted by Crippen LogP contribution is -2.56. The summed E-state index contributed by atoms with van der Waals surface area (Å²) >= 11 is 0. The molecule has 11 heteroatoms. The van der Waals surface area contributed by atoms with Crippen molar-refractivity contribution in [3.05, 3.63) is 101 Å². The Balaban J connectivity index is 1.56. The number of amides is 1. The van der Waals surface area contributed by atoms with Gasteiger partial charge in [-0.05, 0) is 68.3 Å². The molecule has 3 N–H and O–H groups in total. The minimum atomic E-state index is -4.70. The molecule has 1 amide bonds. The molecule has 7 nitrogen and oxygen atoms in total. The van der Waals surface area contributed by atoms with Crippen LogP contribution in [0.3, 0.4) is 0 Å². The Morgan fingerprint density at radius 3 is 2.44 bits per heavy atom. The van der Waals surface area contributed by atoms with E-state index in [9.17, 15) is 27.5 Å². The first-order chi connectivity index (χ1) is 21.2. The van der Waals surface area contributed by atoms with Gasteiger partial charge >= 0.3 is 6.18 Å². The molecule has 1 heterocycles. The highest BCUT2D eigenvalue weighted by Gasteiger charge is 2.39. The van der Waals surface area contributed by atoms with Crippen LogP contribution in [-0.4, -0.2) is 36.9 Å². The molecular weight excluding hydrogens is 590 g/mol. The zero-order chi connectivity index (χ0) is 32.7. The minimum Gasteiger partial charge on any atom is -0.496 e. The normalized spacial score (nSPS) is 15.6. The predicted molar refractivity (Wildman–Crippen MR) is 165 cm³/mol. The van der Waals surface area contributed by atoms with Crippen molar-refractivity contribution in [2.75, 3.05) is 29.7 Å². The summed E-state index contributed by atoms with van der Waals surface area (Å²) < 4.78 is 66.5. The van der Waals surface area contributed by atoms with E-state index in [2.05, 4.69) is 10.6 Å². The Hall–Kier alpha value is -4.77. The highest BCUT2D eigenvalue weighted by Crippen LogP contribution is 2.46. The Morgan fingerprint density at radius 1 is 1.02 bits per heavy atom. The number of methoxy groups -OCH3 is 1. The molecule has 1 aliphatic rings. The monoisotopic (exact) mass is 623 g/mol. The Labute approximate surface area is 258 Å². The van der Waals surface area contributed by atoms with Crippen LogP contribution >= 0.6 is 0 Å². The van der Waals surface area contributed by atoms with E-state index in [4.69, 9.17) is 9.47 Å². The standard InChI is InChI=1S/C34H33F4N3O4/c1-19-10-11-20(35)16-28(19)45-18-25-22(14-15-27-30(25)41(4)32(43)33(2,3)40-27)23-13-12-21(17-29(23)44-5)39-31(42)24-8-6-7-9-26(24)34(36,37)38/h6-17,32,40,43H,18H2,1-5H3,(H,39,42). The van der Waals surface area contributed by atoms with Crippen molar-refractivity contribution in [2.45, 2.75) is 45.3 Å². The molecule has 0 aliphatic carbocycles. The molecule has 5 rings (SSSR count). The third kappa shape index (κ3) is 6.26. The second-order valence-electron chi connectivity index (χ2n) is 11.4. The molecule has 4 aromatic carbocycles. The molecule has 1 aliphatic heterocycles. The van der Waals surface area contributed by atoms with E-state index < -0.39 is 40.8 Å². The van der Waals surface area contributed by atoms with Crippen LogP contribution < -0.4 is 25.0 Å². The smallest absolute Gasteiger partial charge is 0.417 e. The van der Waals surface area contributed by atoms with Crippen molar-refractivity contribution in [2.24, 2.45) is 0 Å². The molecule has 0 fully saturated rings. The summed E-state index contributed by atoms with van der Waals surface area (Å²) in [5, 5.41) is 17.0. The molecule has 0 bridgehead atoms. The number of aliphatic hydroxyl groups excluding tert-OH is 1. The number of nitrogens with zero attached hydrogens (tertiary/aromatic N) is 1. The maximum Gasteiger partial charge on any atom is 0.417 e. The Kier molecular flexibility index (Phi) is 8.41. The van der Waals surface area contributed by atoms with Crippen LogP contribution in [0.2, 0.25) is 0 Å². The maximum absolute atomic E-state index is 14.1. The van der Waals surface area contributed by atoms with E-state index in [0.717, 1.165) is 23.4 Å². The van der Waals surface area contributed by atoms with E-state index in [1.54, 1.807) is 37.1 Å². The van der Waals surface area contributed by atoms with Gasteiger partial charge < -0.3 is 30.1 Å². The number of benzene rings is 4. The van der Waals surface area contributed by atoms with Gasteiger partial charge in [-0.25, -0.2) is 4.39 Å². The number of anilines is 3. The van der Waals surface area contributed by atoms with Gasteiger partial charge in [0.2, 0.25) is 0 Å². The van der Waals surface area contributed by atoms with Crippen LogP contribution in [0.5, 0.6) is 11.5 Å². The van der Waals surface area contributed by atoms with Gasteiger partial charge in [-0.3, -0.25) is 4.79 Å². The molecule has 236 valence electrons. The Morgan fingerprint density at radius 2 is 1.73 bits per heavy atom. The minimum absolute atomic E-state index is 0.00215. The molecule has 0 saturated heterocycles. The summed E-state index contributed by atoms with van der Waals surface area (Å²) in [7, 11) is 3.20. The largest absolute Gasteiger partial charge is 0.496 e. The number of alkyl halides is 3. The number of likely N-dealkylation sites (N-methyl/N-ethyl adjacent to an activating group) is 1. The zero-order valence-corrected chi connectivity index (χ0v) is 25.3. The lowest BCUT2D eigenvalue weighted by molar-refractivity contribution is -0.137. The van der Waals surface area contributed by atoms with Crippen LogP contribution in [0.4, 0.5) is 34.6 Å². The lowest BCUT2D eigenvalue weighted by Gasteiger charge is -2.46. The first-order valence-electron chi connectivity index (χ1n) is 14.1. The average molecular weight is 624 g/mol. The van der Waals surface area contributed by atoms with Crippen LogP contribution in [0.25, 0.3) is 11.1 Å². The lowest BCUT2D eigenvalue weighted by atomic mass is 9.91. The molecule has 1 atom stereocenters. The summed E-state index contributed by atoms with van der Waals surface area (Å²) in [6.07, 6.45) is -5.61. The highest BCUT2D eigenvalue weighted by molar-refractivity contribution is 6.05. The van der Waals surface area contributed by atoms with E-state index in [-0.39, 0.29) is 12.3 Å². The number of rotatable bonds is 7. The zero-order valence-electron chi connectivity index (χ0n) is 25.3. The number of halogens is 4. The molecule has 0 saturated carbocycles. The predicted octanol–water partition coefficient (Wildman–Crippen LogP) is 7.62. The summed E-state index contributed by atoms with van der Waals surface area (Å²) in [5.41, 5.74) is 2.07. The number of aliphatic hydroxyl groups is 1. The van der Waals surface area contributed by atoms with Crippen molar-refractivity contribution in [3.8, 4) is 22.6 Å². The van der Waals surface area contributed by atoms with Crippen LogP contribution in [0.15, 0.2) is 72.8 Å². The summed E-state index contributed by atoms with van der Waals surface area (Å²) in [6.45, 7) is 5.55. The van der Waals surface area contributed by atoms with Crippen molar-refractivity contribution < 1.29 is 36.9 Å². The van der Waals surface area contributed by atoms with Gasteiger partial charge in [0.25, 0.3) is 5.91 Å². The van der Waals surface area contributed by atoms with E-state index in [1.165, 1.54) is 37.4 Å². The van der Waals surface area contributed by atoms with Gasteiger partial charge in [-0.2, -0.15) is 13.2 Å². The van der Waals surface area contributed by atoms with Crippen molar-refractivity contribution in [1.82, 2.24) is 0 Å². The fourth-order valence-corrected chi connectivity index (χ4v) is 5.55. The number of nitrogens with one attached hydrogen (secondary N) is 2. The van der Waals surface area contributed by atoms with Gasteiger partial charge in [-0.1, -0.05) is 24.3 Å². The fraction of sp³-hybridized carbons (Fsp3) is 0.265. The molecule has 4 aromatic rings. The van der Waals surface area contributed by atoms with E-state index >= 15 is 0 Å². The quantitative estimate of drug-likeness (QED) is 0.184. The van der Waals surface area contributed by atoms with Gasteiger partial charge in [0.1, 0.15) is 30.2 Å². The summed E-state index contributed by atoms with van der Waals surface area (Å²) in [5.74, 6) is -0.684. The molecule has 1 unspecified atom stereocenters. The number of ether oxygens (including phenoxy) is 2. The van der Waals surface area contributed by atoms with E-state index in [1.807, 2.05) is 26.0 Å². The van der Waals surface area contributed by atoms with Gasteiger partial charge in [0.15, 0.2) is 0 Å². The number of aryl methyl sites for hydroxylation is 1. The number of fused-ring (bicyclic) bond motifs is 1. The molecule has 45 heavy (non-hydrogen) atoms. The third-order valence-corrected chi connectivity index (χ3v) is 7.85. The number of hydrogen-bond donors (Lipinski definition) is 3. The van der Waals surface area contributed by atoms with Crippen LogP contribution in [0.1, 0.15) is 40.9 Å². The highest BCUT2D eigenvalue weighted by atomic mass is 19.4.